The molecular weight excluding hydrogens is 444 g/mol. The monoisotopic (exact) mass is 476 g/mol. The summed E-state index contributed by atoms with van der Waals surface area (Å²) >= 11 is 6.00. The minimum absolute atomic E-state index is 0.0723. The van der Waals surface area contributed by atoms with Gasteiger partial charge in [-0.3, -0.25) is 9.69 Å². The topological polar surface area (TPSA) is 64.4 Å². The first-order valence-corrected chi connectivity index (χ1v) is 12.1. The highest BCUT2D eigenvalue weighted by atomic mass is 35.5. The van der Waals surface area contributed by atoms with Gasteiger partial charge in [-0.15, -0.1) is 0 Å². The van der Waals surface area contributed by atoms with E-state index in [-0.39, 0.29) is 18.9 Å². The molecule has 3 heterocycles. The minimum Gasteiger partial charge on any atom is -0.491 e. The predicted octanol–water partition coefficient (Wildman–Crippen LogP) is 3.78. The van der Waals surface area contributed by atoms with E-state index in [4.69, 9.17) is 30.2 Å². The number of carbonyl (C=O) groups is 1. The van der Waals surface area contributed by atoms with E-state index in [2.05, 4.69) is 17.9 Å². The van der Waals surface area contributed by atoms with Gasteiger partial charge in [0, 0.05) is 37.6 Å². The molecule has 2 saturated heterocycles. The van der Waals surface area contributed by atoms with Gasteiger partial charge in [0.15, 0.2) is 0 Å². The third kappa shape index (κ3) is 6.73. The molecule has 2 aromatic rings. The molecule has 33 heavy (non-hydrogen) atoms. The highest BCUT2D eigenvalue weighted by molar-refractivity contribution is 6.30. The van der Waals surface area contributed by atoms with Crippen molar-refractivity contribution >= 4 is 17.5 Å². The Balaban J connectivity index is 1.46. The largest absolute Gasteiger partial charge is 0.491 e. The molecule has 8 heteroatoms. The molecular formula is C25H33ClN2O5. The van der Waals surface area contributed by atoms with Crippen molar-refractivity contribution in [2.45, 2.75) is 38.3 Å². The van der Waals surface area contributed by atoms with Crippen molar-refractivity contribution in [1.82, 2.24) is 9.80 Å². The maximum absolute atomic E-state index is 13.1. The molecule has 1 aromatic heterocycles. The molecule has 2 aliphatic heterocycles. The van der Waals surface area contributed by atoms with Gasteiger partial charge >= 0.3 is 0 Å². The van der Waals surface area contributed by atoms with Crippen molar-refractivity contribution in [3.05, 3.63) is 52.9 Å². The highest BCUT2D eigenvalue weighted by Crippen LogP contribution is 2.27. The number of benzene rings is 1. The Labute approximate surface area is 200 Å². The molecule has 2 aliphatic rings. The average Bonchev–Trinajstić information content (AvgIpc) is 3.26. The van der Waals surface area contributed by atoms with E-state index in [9.17, 15) is 4.79 Å². The van der Waals surface area contributed by atoms with Gasteiger partial charge in [-0.05, 0) is 42.8 Å². The van der Waals surface area contributed by atoms with Gasteiger partial charge < -0.3 is 23.5 Å². The first-order valence-electron chi connectivity index (χ1n) is 11.7. The molecule has 1 atom stereocenters. The summed E-state index contributed by atoms with van der Waals surface area (Å²) in [6.07, 6.45) is 2.26. The molecule has 0 spiro atoms. The zero-order valence-corrected chi connectivity index (χ0v) is 20.0. The van der Waals surface area contributed by atoms with Crippen molar-refractivity contribution in [2.24, 2.45) is 0 Å². The van der Waals surface area contributed by atoms with E-state index in [1.54, 1.807) is 12.1 Å². The summed E-state index contributed by atoms with van der Waals surface area (Å²) in [4.78, 5) is 17.3. The Kier molecular flexibility index (Phi) is 8.30. The molecule has 1 aromatic carbocycles. The smallest absolute Gasteiger partial charge is 0.225 e. The van der Waals surface area contributed by atoms with E-state index < -0.39 is 5.60 Å². The van der Waals surface area contributed by atoms with Gasteiger partial charge in [0.1, 0.15) is 29.5 Å². The van der Waals surface area contributed by atoms with Crippen LogP contribution in [-0.4, -0.2) is 73.9 Å². The van der Waals surface area contributed by atoms with Crippen LogP contribution < -0.4 is 4.74 Å². The fraction of sp³-hybridized carbons (Fsp3) is 0.560. The van der Waals surface area contributed by atoms with E-state index in [1.807, 2.05) is 23.1 Å². The van der Waals surface area contributed by atoms with Crippen LogP contribution in [0, 0.1) is 0 Å². The molecule has 1 amide bonds. The molecule has 2 fully saturated rings. The number of hydrogen-bond acceptors (Lipinski definition) is 6. The van der Waals surface area contributed by atoms with Gasteiger partial charge in [-0.1, -0.05) is 18.5 Å². The van der Waals surface area contributed by atoms with E-state index >= 15 is 0 Å². The lowest BCUT2D eigenvalue weighted by molar-refractivity contribution is -0.159. The maximum Gasteiger partial charge on any atom is 0.225 e. The minimum atomic E-state index is -0.744. The number of nitrogens with zero attached hydrogens (tertiary/aromatic N) is 2. The summed E-state index contributed by atoms with van der Waals surface area (Å²) in [5, 5.41) is 0.653. The van der Waals surface area contributed by atoms with Crippen molar-refractivity contribution < 1.29 is 23.4 Å². The van der Waals surface area contributed by atoms with Gasteiger partial charge in [0.25, 0.3) is 0 Å². The van der Waals surface area contributed by atoms with Gasteiger partial charge in [-0.2, -0.15) is 0 Å². The van der Waals surface area contributed by atoms with Crippen LogP contribution in [0.1, 0.15) is 31.3 Å². The van der Waals surface area contributed by atoms with Gasteiger partial charge in [0.2, 0.25) is 5.91 Å². The van der Waals surface area contributed by atoms with E-state index in [0.29, 0.717) is 56.8 Å². The van der Waals surface area contributed by atoms with E-state index in [1.165, 1.54) is 0 Å². The lowest BCUT2D eigenvalue weighted by Gasteiger charge is -2.43. The van der Waals surface area contributed by atoms with Crippen LogP contribution in [0.5, 0.6) is 5.75 Å². The zero-order valence-electron chi connectivity index (χ0n) is 19.3. The number of ether oxygens (including phenoxy) is 3. The Bertz CT molecular complexity index is 896. The average molecular weight is 477 g/mol. The van der Waals surface area contributed by atoms with Crippen LogP contribution in [0.15, 0.2) is 40.8 Å². The third-order valence-corrected chi connectivity index (χ3v) is 6.33. The molecule has 7 nitrogen and oxygen atoms in total. The second-order valence-electron chi connectivity index (χ2n) is 8.77. The SMILES string of the molecule is CCCc1ccc(CN2CCOC(COc3ccc(Cl)cc3)(CC(=O)N3CCOCC3)C2)o1. The number of aryl methyl sites for hydroxylation is 1. The lowest BCUT2D eigenvalue weighted by atomic mass is 9.96. The van der Waals surface area contributed by atoms with Crippen LogP contribution in [0.25, 0.3) is 0 Å². The molecule has 0 radical (unpaired) electrons. The molecule has 0 saturated carbocycles. The standard InChI is InChI=1S/C25H33ClN2O5/c1-2-3-22-8-9-23(33-22)17-27-10-15-32-25(18-27,16-24(29)28-11-13-30-14-12-28)19-31-21-6-4-20(26)5-7-21/h4-9H,2-3,10-19H2,1H3. The molecule has 4 rings (SSSR count). The summed E-state index contributed by atoms with van der Waals surface area (Å²) in [6.45, 7) is 7.37. The zero-order chi connectivity index (χ0) is 23.1. The van der Waals surface area contributed by atoms with Crippen LogP contribution in [-0.2, 0) is 27.2 Å². The summed E-state index contributed by atoms with van der Waals surface area (Å²) in [6, 6.07) is 11.4. The summed E-state index contributed by atoms with van der Waals surface area (Å²) < 4.78 is 23.8. The van der Waals surface area contributed by atoms with Gasteiger partial charge in [0.05, 0.1) is 32.8 Å². The molecule has 0 N–H and O–H groups in total. The summed E-state index contributed by atoms with van der Waals surface area (Å²) in [5.74, 6) is 2.73. The van der Waals surface area contributed by atoms with Crippen molar-refractivity contribution in [3.8, 4) is 5.75 Å². The van der Waals surface area contributed by atoms with Crippen molar-refractivity contribution in [3.63, 3.8) is 0 Å². The second kappa shape index (κ2) is 11.4. The first kappa shape index (κ1) is 24.1. The van der Waals surface area contributed by atoms with Crippen LogP contribution >= 0.6 is 11.6 Å². The Morgan fingerprint density at radius 1 is 1.06 bits per heavy atom. The third-order valence-electron chi connectivity index (χ3n) is 6.07. The van der Waals surface area contributed by atoms with Crippen molar-refractivity contribution in [1.29, 1.82) is 0 Å². The maximum atomic E-state index is 13.1. The highest BCUT2D eigenvalue weighted by Gasteiger charge is 2.41. The van der Waals surface area contributed by atoms with Crippen LogP contribution in [0.2, 0.25) is 5.02 Å². The Morgan fingerprint density at radius 3 is 2.58 bits per heavy atom. The molecule has 0 aliphatic carbocycles. The predicted molar refractivity (Wildman–Crippen MR) is 126 cm³/mol. The number of furan rings is 1. The normalized spacial score (nSPS) is 21.8. The number of amides is 1. The fourth-order valence-corrected chi connectivity index (χ4v) is 4.48. The Hall–Kier alpha value is -2.06. The number of rotatable bonds is 9. The molecule has 1 unspecified atom stereocenters. The van der Waals surface area contributed by atoms with E-state index in [0.717, 1.165) is 30.9 Å². The summed E-state index contributed by atoms with van der Waals surface area (Å²) in [5.41, 5.74) is -0.744. The van der Waals surface area contributed by atoms with Crippen LogP contribution in [0.4, 0.5) is 0 Å². The Morgan fingerprint density at radius 2 is 1.82 bits per heavy atom. The van der Waals surface area contributed by atoms with Crippen molar-refractivity contribution in [2.75, 3.05) is 52.6 Å². The first-order chi connectivity index (χ1) is 16.0. The lowest BCUT2D eigenvalue weighted by Crippen LogP contribution is -2.57. The number of hydrogen-bond donors (Lipinski definition) is 0. The second-order valence-corrected chi connectivity index (χ2v) is 9.21. The number of carbonyl (C=O) groups excluding carboxylic acids is 1. The quantitative estimate of drug-likeness (QED) is 0.548. The molecule has 180 valence electrons. The molecule has 0 bridgehead atoms. The fourth-order valence-electron chi connectivity index (χ4n) is 4.36. The number of halogens is 1. The summed E-state index contributed by atoms with van der Waals surface area (Å²) in [7, 11) is 0. The number of morpholine rings is 2. The van der Waals surface area contributed by atoms with Crippen LogP contribution in [0.3, 0.4) is 0 Å². The van der Waals surface area contributed by atoms with Gasteiger partial charge in [-0.25, -0.2) is 0 Å².